The second-order valence-corrected chi connectivity index (χ2v) is 7.16. The van der Waals surface area contributed by atoms with Crippen LogP contribution in [0.25, 0.3) is 16.9 Å². The maximum atomic E-state index is 12.9. The monoisotopic (exact) mass is 476 g/mol. The van der Waals surface area contributed by atoms with Crippen LogP contribution in [0.2, 0.25) is 0 Å². The number of rotatable bonds is 8. The Morgan fingerprint density at radius 1 is 0.914 bits per heavy atom. The number of hydrogen-bond donors (Lipinski definition) is 1. The first-order valence-electron chi connectivity index (χ1n) is 10.3. The summed E-state index contributed by atoms with van der Waals surface area (Å²) in [6, 6.07) is 18.4. The number of benzene rings is 2. The smallest absolute Gasteiger partial charge is 0.371 e. The quantitative estimate of drug-likeness (QED) is 0.375. The van der Waals surface area contributed by atoms with Crippen molar-refractivity contribution < 1.29 is 38.1 Å². The Labute approximate surface area is 199 Å². The van der Waals surface area contributed by atoms with E-state index in [0.717, 1.165) is 0 Å². The van der Waals surface area contributed by atoms with Gasteiger partial charge in [-0.1, -0.05) is 30.3 Å². The minimum Gasteiger partial charge on any atom is -0.485 e. The molecule has 0 atom stereocenters. The van der Waals surface area contributed by atoms with Gasteiger partial charge in [-0.05, 0) is 36.4 Å². The van der Waals surface area contributed by atoms with Crippen LogP contribution >= 0.6 is 0 Å². The molecular formula is C25H20N2O8. The van der Waals surface area contributed by atoms with E-state index < -0.39 is 17.9 Å². The van der Waals surface area contributed by atoms with Crippen molar-refractivity contribution in [3.05, 3.63) is 89.5 Å². The molecule has 0 fully saturated rings. The molecule has 0 saturated heterocycles. The highest BCUT2D eigenvalue weighted by Crippen LogP contribution is 2.35. The lowest BCUT2D eigenvalue weighted by atomic mass is 10.0. The molecular weight excluding hydrogens is 456 g/mol. The molecule has 0 amide bonds. The van der Waals surface area contributed by atoms with Crippen LogP contribution in [0.4, 0.5) is 0 Å². The van der Waals surface area contributed by atoms with E-state index >= 15 is 0 Å². The average Bonchev–Trinajstić information content (AvgIpc) is 3.53. The number of carboxylic acid groups (broad SMARTS) is 1. The third-order valence-electron chi connectivity index (χ3n) is 5.04. The molecule has 35 heavy (non-hydrogen) atoms. The number of carbonyl (C=O) groups excluding carboxylic acids is 2. The summed E-state index contributed by atoms with van der Waals surface area (Å²) in [4.78, 5) is 36.7. The van der Waals surface area contributed by atoms with Gasteiger partial charge in [0.25, 0.3) is 0 Å². The molecule has 10 heteroatoms. The van der Waals surface area contributed by atoms with Crippen molar-refractivity contribution in [2.75, 3.05) is 14.2 Å². The highest BCUT2D eigenvalue weighted by atomic mass is 16.5. The Morgan fingerprint density at radius 2 is 1.60 bits per heavy atom. The number of aromatic nitrogens is 2. The Hall–Kier alpha value is -4.86. The van der Waals surface area contributed by atoms with Gasteiger partial charge in [0.2, 0.25) is 5.76 Å². The first-order chi connectivity index (χ1) is 16.9. The van der Waals surface area contributed by atoms with Gasteiger partial charge in [-0.3, -0.25) is 0 Å². The highest BCUT2D eigenvalue weighted by Gasteiger charge is 2.32. The summed E-state index contributed by atoms with van der Waals surface area (Å²) in [5.41, 5.74) is 0.873. The molecule has 4 rings (SSSR count). The summed E-state index contributed by atoms with van der Waals surface area (Å²) in [5, 5.41) is 13.6. The van der Waals surface area contributed by atoms with Crippen molar-refractivity contribution >= 4 is 17.9 Å². The zero-order chi connectivity index (χ0) is 24.9. The van der Waals surface area contributed by atoms with Crippen LogP contribution < -0.4 is 4.74 Å². The molecule has 2 heterocycles. The van der Waals surface area contributed by atoms with Gasteiger partial charge in [0.05, 0.1) is 19.9 Å². The minimum absolute atomic E-state index is 0.0822. The van der Waals surface area contributed by atoms with Gasteiger partial charge in [0.15, 0.2) is 5.69 Å². The van der Waals surface area contributed by atoms with Crippen molar-refractivity contribution in [1.82, 2.24) is 9.78 Å². The van der Waals surface area contributed by atoms with E-state index in [0.29, 0.717) is 17.0 Å². The van der Waals surface area contributed by atoms with E-state index in [1.165, 1.54) is 31.0 Å². The molecule has 0 unspecified atom stereocenters. The Kier molecular flexibility index (Phi) is 6.63. The molecule has 0 radical (unpaired) electrons. The van der Waals surface area contributed by atoms with E-state index in [4.69, 9.17) is 23.7 Å². The molecule has 0 aliphatic rings. The zero-order valence-electron chi connectivity index (χ0n) is 18.8. The standard InChI is InChI=1S/C25H20N2O8/c1-32-24(30)20-21(26-27(22(20)25(31)33-2)15-8-4-3-5-9-15)17-10-6-7-11-18(17)34-14-16-12-13-19(35-16)23(28)29/h3-13H,14H2,1-2H3,(H,28,29). The first kappa shape index (κ1) is 23.3. The molecule has 0 aliphatic carbocycles. The largest absolute Gasteiger partial charge is 0.485 e. The van der Waals surface area contributed by atoms with Gasteiger partial charge < -0.3 is 23.7 Å². The summed E-state index contributed by atoms with van der Waals surface area (Å²) < 4.78 is 22.3. The third kappa shape index (κ3) is 4.62. The number of aromatic carboxylic acids is 1. The van der Waals surface area contributed by atoms with E-state index in [-0.39, 0.29) is 35.1 Å². The maximum absolute atomic E-state index is 12.9. The molecule has 0 aliphatic heterocycles. The lowest BCUT2D eigenvalue weighted by molar-refractivity contribution is 0.0549. The number of methoxy groups -OCH3 is 2. The highest BCUT2D eigenvalue weighted by molar-refractivity contribution is 6.07. The maximum Gasteiger partial charge on any atom is 0.371 e. The fourth-order valence-electron chi connectivity index (χ4n) is 3.45. The number of furan rings is 1. The second kappa shape index (κ2) is 9.96. The van der Waals surface area contributed by atoms with Crippen molar-refractivity contribution in [3.63, 3.8) is 0 Å². The summed E-state index contributed by atoms with van der Waals surface area (Å²) in [5.74, 6) is -2.36. The second-order valence-electron chi connectivity index (χ2n) is 7.16. The van der Waals surface area contributed by atoms with Crippen molar-refractivity contribution in [3.8, 4) is 22.7 Å². The van der Waals surface area contributed by atoms with E-state index in [1.54, 1.807) is 54.6 Å². The zero-order valence-corrected chi connectivity index (χ0v) is 18.8. The molecule has 0 spiro atoms. The van der Waals surface area contributed by atoms with Crippen LogP contribution in [-0.4, -0.2) is 47.0 Å². The fraction of sp³-hybridized carbons (Fsp3) is 0.120. The Morgan fingerprint density at radius 3 is 2.26 bits per heavy atom. The van der Waals surface area contributed by atoms with Crippen molar-refractivity contribution in [2.45, 2.75) is 6.61 Å². The molecule has 4 aromatic rings. The van der Waals surface area contributed by atoms with Crippen LogP contribution in [0.1, 0.15) is 37.2 Å². The van der Waals surface area contributed by atoms with Crippen LogP contribution in [0.5, 0.6) is 5.75 Å². The van der Waals surface area contributed by atoms with Gasteiger partial charge in [0, 0.05) is 5.56 Å². The number of nitrogens with zero attached hydrogens (tertiary/aromatic N) is 2. The predicted octanol–water partition coefficient (Wildman–Crippen LogP) is 3.98. The average molecular weight is 476 g/mol. The molecule has 0 bridgehead atoms. The van der Waals surface area contributed by atoms with Gasteiger partial charge >= 0.3 is 17.9 Å². The molecule has 0 saturated carbocycles. The molecule has 2 aromatic heterocycles. The summed E-state index contributed by atoms with van der Waals surface area (Å²) in [6.45, 7) is -0.0822. The van der Waals surface area contributed by atoms with Gasteiger partial charge in [-0.2, -0.15) is 5.10 Å². The lowest BCUT2D eigenvalue weighted by Crippen LogP contribution is -2.15. The van der Waals surface area contributed by atoms with Crippen LogP contribution in [0.3, 0.4) is 0 Å². The molecule has 10 nitrogen and oxygen atoms in total. The topological polar surface area (TPSA) is 130 Å². The number of esters is 2. The molecule has 1 N–H and O–H groups in total. The van der Waals surface area contributed by atoms with E-state index in [2.05, 4.69) is 5.10 Å². The SMILES string of the molecule is COC(=O)c1c(-c2ccccc2OCc2ccc(C(=O)O)o2)nn(-c2ccccc2)c1C(=O)OC. The summed E-state index contributed by atoms with van der Waals surface area (Å²) >= 11 is 0. The normalized spacial score (nSPS) is 10.6. The summed E-state index contributed by atoms with van der Waals surface area (Å²) in [7, 11) is 2.41. The van der Waals surface area contributed by atoms with Crippen LogP contribution in [-0.2, 0) is 16.1 Å². The number of para-hydroxylation sites is 2. The first-order valence-corrected chi connectivity index (χ1v) is 10.3. The van der Waals surface area contributed by atoms with Gasteiger partial charge in [0.1, 0.15) is 29.4 Å². The van der Waals surface area contributed by atoms with Crippen molar-refractivity contribution in [2.24, 2.45) is 0 Å². The number of carboxylic acids is 1. The third-order valence-corrected chi connectivity index (χ3v) is 5.04. The number of hydrogen-bond acceptors (Lipinski definition) is 8. The molecule has 178 valence electrons. The number of ether oxygens (including phenoxy) is 3. The number of carbonyl (C=O) groups is 3. The van der Waals surface area contributed by atoms with Crippen molar-refractivity contribution in [1.29, 1.82) is 0 Å². The van der Waals surface area contributed by atoms with Gasteiger partial charge in [-0.25, -0.2) is 19.1 Å². The van der Waals surface area contributed by atoms with Gasteiger partial charge in [-0.15, -0.1) is 0 Å². The lowest BCUT2D eigenvalue weighted by Gasteiger charge is -2.10. The van der Waals surface area contributed by atoms with Crippen LogP contribution in [0, 0.1) is 0 Å². The summed E-state index contributed by atoms with van der Waals surface area (Å²) in [6.07, 6.45) is 0. The Balaban J connectivity index is 1.83. The van der Waals surface area contributed by atoms with Crippen LogP contribution in [0.15, 0.2) is 71.1 Å². The fourth-order valence-corrected chi connectivity index (χ4v) is 3.45. The predicted molar refractivity (Wildman–Crippen MR) is 122 cm³/mol. The molecule has 2 aromatic carbocycles. The Bertz CT molecular complexity index is 1390. The van der Waals surface area contributed by atoms with E-state index in [1.807, 2.05) is 0 Å². The minimum atomic E-state index is -1.19. The van der Waals surface area contributed by atoms with E-state index in [9.17, 15) is 14.4 Å².